The van der Waals surface area contributed by atoms with Crippen molar-refractivity contribution in [1.29, 1.82) is 0 Å². The number of hydrogen-bond acceptors (Lipinski definition) is 5. The van der Waals surface area contributed by atoms with E-state index in [1.807, 2.05) is 29.9 Å². The molecule has 0 saturated carbocycles. The van der Waals surface area contributed by atoms with E-state index in [4.69, 9.17) is 28.8 Å². The first-order chi connectivity index (χ1) is 18.4. The predicted octanol–water partition coefficient (Wildman–Crippen LogP) is 7.01. The van der Waals surface area contributed by atoms with Crippen LogP contribution in [0.2, 0.25) is 5.02 Å². The fourth-order valence-corrected chi connectivity index (χ4v) is 7.20. The maximum absolute atomic E-state index is 6.95. The summed E-state index contributed by atoms with van der Waals surface area (Å²) >= 11 is 14.5. The normalized spacial score (nSPS) is 20.3. The first-order valence-electron chi connectivity index (χ1n) is 13.1. The summed E-state index contributed by atoms with van der Waals surface area (Å²) in [4.78, 5) is 13.9. The number of halogens is 1. The van der Waals surface area contributed by atoms with Crippen molar-refractivity contribution in [3.05, 3.63) is 87.9 Å². The Kier molecular flexibility index (Phi) is 6.88. The van der Waals surface area contributed by atoms with Crippen LogP contribution in [0.1, 0.15) is 54.5 Å². The number of piperidine rings is 1. The third-order valence-electron chi connectivity index (χ3n) is 7.83. The number of hydrogen-bond donors (Lipinski definition) is 1. The Bertz CT molecular complexity index is 1440. The topological polar surface area (TPSA) is 49.2 Å². The first-order valence-corrected chi connectivity index (χ1v) is 14.7. The van der Waals surface area contributed by atoms with Gasteiger partial charge in [-0.3, -0.25) is 9.55 Å². The highest BCUT2D eigenvalue weighted by atomic mass is 35.5. The summed E-state index contributed by atoms with van der Waals surface area (Å²) in [7, 11) is 0. The van der Waals surface area contributed by atoms with E-state index in [0.29, 0.717) is 5.11 Å². The van der Waals surface area contributed by atoms with E-state index in [9.17, 15) is 0 Å². The van der Waals surface area contributed by atoms with E-state index >= 15 is 0 Å². The van der Waals surface area contributed by atoms with Crippen LogP contribution in [-0.2, 0) is 0 Å². The molecule has 2 saturated heterocycles. The first kappa shape index (κ1) is 25.3. The summed E-state index contributed by atoms with van der Waals surface area (Å²) in [6.07, 6.45) is 6.08. The van der Waals surface area contributed by atoms with Gasteiger partial charge in [-0.05, 0) is 86.8 Å². The van der Waals surface area contributed by atoms with Gasteiger partial charge in [0.05, 0.1) is 28.5 Å². The second kappa shape index (κ2) is 10.3. The Morgan fingerprint density at radius 2 is 1.87 bits per heavy atom. The van der Waals surface area contributed by atoms with Gasteiger partial charge in [0.1, 0.15) is 0 Å². The van der Waals surface area contributed by atoms with Crippen molar-refractivity contribution < 1.29 is 0 Å². The van der Waals surface area contributed by atoms with Crippen molar-refractivity contribution in [2.24, 2.45) is 5.92 Å². The molecule has 2 aliphatic rings. The number of aromatic nitrogens is 3. The van der Waals surface area contributed by atoms with Crippen molar-refractivity contribution in [2.75, 3.05) is 22.9 Å². The molecule has 5 heterocycles. The maximum Gasteiger partial charge on any atom is 0.193 e. The third-order valence-corrected chi connectivity index (χ3v) is 9.21. The average molecular weight is 563 g/mol. The van der Waals surface area contributed by atoms with Crippen molar-refractivity contribution >= 4 is 51.6 Å². The SMILES string of the molecule is Cc1cc([C@@H]2[C@H](c3ccccn3)NC(=S)N2c2ccc(N3CCC(C)CC3)c(Cl)c2)c(C)n1-c1nccs1. The van der Waals surface area contributed by atoms with E-state index in [1.54, 1.807) is 11.3 Å². The molecule has 0 radical (unpaired) electrons. The van der Waals surface area contributed by atoms with Crippen LogP contribution in [0.4, 0.5) is 11.4 Å². The average Bonchev–Trinajstić information content (AvgIpc) is 3.63. The molecule has 9 heteroatoms. The minimum Gasteiger partial charge on any atom is -0.370 e. The molecule has 1 N–H and O–H groups in total. The van der Waals surface area contributed by atoms with Gasteiger partial charge >= 0.3 is 0 Å². The molecule has 196 valence electrons. The molecule has 38 heavy (non-hydrogen) atoms. The van der Waals surface area contributed by atoms with Crippen LogP contribution in [0, 0.1) is 19.8 Å². The Labute approximate surface area is 238 Å². The van der Waals surface area contributed by atoms with Gasteiger partial charge in [0.2, 0.25) is 0 Å². The molecular formula is C29H31ClN6S2. The number of rotatable bonds is 5. The standard InChI is InChI=1S/C29H31ClN6S2/c1-18-9-13-34(14-10-18)25-8-7-21(17-23(25)30)36-27(26(33-28(36)37)24-6-4-5-11-31-24)22-16-19(2)35(20(22)3)29-32-12-15-38-29/h4-8,11-12,15-18,26-27H,9-10,13-14H2,1-3H3,(H,33,37)/t26-,27+/m0/s1. The number of aryl methyl sites for hydroxylation is 1. The molecule has 0 spiro atoms. The van der Waals surface area contributed by atoms with E-state index in [1.165, 1.54) is 18.4 Å². The van der Waals surface area contributed by atoms with Crippen LogP contribution in [0.5, 0.6) is 0 Å². The molecule has 0 aliphatic carbocycles. The molecule has 6 nitrogen and oxygen atoms in total. The smallest absolute Gasteiger partial charge is 0.193 e. The molecule has 2 aliphatic heterocycles. The second-order valence-electron chi connectivity index (χ2n) is 10.3. The number of thiocarbonyl (C=S) groups is 1. The lowest BCUT2D eigenvalue weighted by Crippen LogP contribution is -2.33. The van der Waals surface area contributed by atoms with E-state index in [0.717, 1.165) is 57.6 Å². The summed E-state index contributed by atoms with van der Waals surface area (Å²) in [5.41, 5.74) is 6.49. The number of nitrogens with one attached hydrogen (secondary N) is 1. The molecular weight excluding hydrogens is 532 g/mol. The minimum absolute atomic E-state index is 0.102. The molecule has 4 aromatic rings. The van der Waals surface area contributed by atoms with Gasteiger partial charge in [-0.2, -0.15) is 0 Å². The Balaban J connectivity index is 1.43. The predicted molar refractivity (Wildman–Crippen MR) is 161 cm³/mol. The van der Waals surface area contributed by atoms with Gasteiger partial charge in [-0.25, -0.2) is 4.98 Å². The van der Waals surface area contributed by atoms with Crippen LogP contribution in [0.15, 0.2) is 60.2 Å². The summed E-state index contributed by atoms with van der Waals surface area (Å²) in [6.45, 7) is 8.69. The highest BCUT2D eigenvalue weighted by Gasteiger charge is 2.42. The number of pyridine rings is 1. The van der Waals surface area contributed by atoms with Gasteiger partial charge in [0, 0.05) is 47.9 Å². The Morgan fingerprint density at radius 1 is 1.05 bits per heavy atom. The fraction of sp³-hybridized carbons (Fsp3) is 0.345. The lowest BCUT2D eigenvalue weighted by molar-refractivity contribution is 0.438. The summed E-state index contributed by atoms with van der Waals surface area (Å²) in [5.74, 6) is 0.769. The molecule has 2 atom stereocenters. The highest BCUT2D eigenvalue weighted by Crippen LogP contribution is 2.45. The van der Waals surface area contributed by atoms with E-state index < -0.39 is 0 Å². The molecule has 3 aromatic heterocycles. The number of anilines is 2. The Morgan fingerprint density at radius 3 is 2.55 bits per heavy atom. The van der Waals surface area contributed by atoms with E-state index in [2.05, 4.69) is 75.8 Å². The van der Waals surface area contributed by atoms with Gasteiger partial charge in [0.15, 0.2) is 10.2 Å². The van der Waals surface area contributed by atoms with Crippen LogP contribution < -0.4 is 15.1 Å². The molecule has 6 rings (SSSR count). The molecule has 0 unspecified atom stereocenters. The van der Waals surface area contributed by atoms with Crippen molar-refractivity contribution in [2.45, 2.75) is 45.7 Å². The Hall–Kier alpha value is -2.94. The van der Waals surface area contributed by atoms with Gasteiger partial charge in [-0.15, -0.1) is 11.3 Å². The monoisotopic (exact) mass is 562 g/mol. The lowest BCUT2D eigenvalue weighted by atomic mass is 9.96. The number of nitrogens with zero attached hydrogens (tertiary/aromatic N) is 5. The second-order valence-corrected chi connectivity index (χ2v) is 11.9. The summed E-state index contributed by atoms with van der Waals surface area (Å²) in [6, 6.07) is 14.4. The van der Waals surface area contributed by atoms with Crippen molar-refractivity contribution in [3.8, 4) is 5.13 Å². The van der Waals surface area contributed by atoms with Crippen LogP contribution >= 0.6 is 35.2 Å². The zero-order valence-electron chi connectivity index (χ0n) is 21.8. The van der Waals surface area contributed by atoms with Crippen LogP contribution in [0.3, 0.4) is 0 Å². The molecule has 0 bridgehead atoms. The molecule has 0 amide bonds. The largest absolute Gasteiger partial charge is 0.370 e. The highest BCUT2D eigenvalue weighted by molar-refractivity contribution is 7.80. The summed E-state index contributed by atoms with van der Waals surface area (Å²) < 4.78 is 2.22. The van der Waals surface area contributed by atoms with Crippen LogP contribution in [0.25, 0.3) is 5.13 Å². The van der Waals surface area contributed by atoms with Crippen molar-refractivity contribution in [3.63, 3.8) is 0 Å². The number of thiazole rings is 1. The maximum atomic E-state index is 6.95. The molecule has 1 aromatic carbocycles. The fourth-order valence-electron chi connectivity index (χ4n) is 5.81. The zero-order chi connectivity index (χ0) is 26.4. The van der Waals surface area contributed by atoms with E-state index in [-0.39, 0.29) is 12.1 Å². The summed E-state index contributed by atoms with van der Waals surface area (Å²) in [5, 5.41) is 7.98. The van der Waals surface area contributed by atoms with Crippen molar-refractivity contribution in [1.82, 2.24) is 19.9 Å². The van der Waals surface area contributed by atoms with Gasteiger partial charge in [-0.1, -0.05) is 24.6 Å². The third kappa shape index (κ3) is 4.48. The lowest BCUT2D eigenvalue weighted by Gasteiger charge is -2.33. The minimum atomic E-state index is -0.115. The zero-order valence-corrected chi connectivity index (χ0v) is 24.2. The van der Waals surface area contributed by atoms with Gasteiger partial charge < -0.3 is 15.1 Å². The van der Waals surface area contributed by atoms with Crippen LogP contribution in [-0.4, -0.2) is 32.7 Å². The molecule has 2 fully saturated rings. The van der Waals surface area contributed by atoms with Gasteiger partial charge in [0.25, 0.3) is 0 Å². The number of benzene rings is 1. The quantitative estimate of drug-likeness (QED) is 0.264.